The van der Waals surface area contributed by atoms with Crippen LogP contribution in [0.25, 0.3) is 10.9 Å². The van der Waals surface area contributed by atoms with Crippen molar-refractivity contribution < 1.29 is 0 Å². The molecular formula is C83H135N11. The lowest BCUT2D eigenvalue weighted by Gasteiger charge is -2.01. The van der Waals surface area contributed by atoms with Gasteiger partial charge in [-0.05, 0) is 235 Å². The van der Waals surface area contributed by atoms with Crippen LogP contribution in [0.4, 0.5) is 0 Å². The molecule has 94 heavy (non-hydrogen) atoms. The van der Waals surface area contributed by atoms with Gasteiger partial charge in [0.05, 0.1) is 5.52 Å². The van der Waals surface area contributed by atoms with Crippen molar-refractivity contribution in [1.29, 1.82) is 0 Å². The Morgan fingerprint density at radius 2 is 0.553 bits per heavy atom. The quantitative estimate of drug-likeness (QED) is 0.143. The zero-order valence-electron chi connectivity index (χ0n) is 66.5. The second kappa shape index (κ2) is 73.7. The van der Waals surface area contributed by atoms with Gasteiger partial charge in [-0.15, -0.1) is 0 Å². The Morgan fingerprint density at radius 1 is 0.213 bits per heavy atom. The molecule has 10 aromatic rings. The van der Waals surface area contributed by atoms with Gasteiger partial charge < -0.3 is 0 Å². The van der Waals surface area contributed by atoms with E-state index in [-0.39, 0.29) is 0 Å². The zero-order chi connectivity index (χ0) is 74.4. The smallest absolute Gasteiger partial charge is 0.125 e. The minimum atomic E-state index is 0.829. The number of fused-ring (bicyclic) bond motifs is 1. The molecule has 0 radical (unpaired) electrons. The molecule has 1 aromatic carbocycles. The number of nitrogens with zero attached hydrogens (tertiary/aromatic N) is 11. The maximum atomic E-state index is 4.44. The van der Waals surface area contributed by atoms with Crippen molar-refractivity contribution in [3.8, 4) is 0 Å². The summed E-state index contributed by atoms with van der Waals surface area (Å²) in [7, 11) is 0. The third kappa shape index (κ3) is 63.8. The molecule has 0 atom stereocenters. The summed E-state index contributed by atoms with van der Waals surface area (Å²) in [6.07, 6.45) is 18.3. The van der Waals surface area contributed by atoms with E-state index in [9.17, 15) is 0 Å². The Morgan fingerprint density at radius 3 is 0.798 bits per heavy atom. The number of aryl methyl sites for hydroxylation is 18. The summed E-state index contributed by atoms with van der Waals surface area (Å²) in [5.74, 6) is 1.66. The summed E-state index contributed by atoms with van der Waals surface area (Å²) in [4.78, 5) is 44.7. The Balaban J connectivity index is -0.000000143. The maximum absolute atomic E-state index is 4.44. The summed E-state index contributed by atoms with van der Waals surface area (Å²) < 4.78 is 0. The van der Waals surface area contributed by atoms with Gasteiger partial charge >= 0.3 is 0 Å². The number of pyridine rings is 7. The molecule has 0 unspecified atom stereocenters. The third-order valence-corrected chi connectivity index (χ3v) is 10.1. The van der Waals surface area contributed by atoms with E-state index in [2.05, 4.69) is 124 Å². The third-order valence-electron chi connectivity index (χ3n) is 10.1. The van der Waals surface area contributed by atoms with E-state index in [0.717, 1.165) is 68.1 Å². The van der Waals surface area contributed by atoms with Gasteiger partial charge in [0.1, 0.15) is 11.6 Å². The van der Waals surface area contributed by atoms with E-state index >= 15 is 0 Å². The van der Waals surface area contributed by atoms with Gasteiger partial charge in [0.2, 0.25) is 0 Å². The lowest BCUT2D eigenvalue weighted by Crippen LogP contribution is -1.85. The molecule has 9 heterocycles. The second-order valence-corrected chi connectivity index (χ2v) is 18.6. The van der Waals surface area contributed by atoms with Crippen LogP contribution in [0.1, 0.15) is 226 Å². The molecule has 0 spiro atoms. The molecule has 0 amide bonds. The Labute approximate surface area is 578 Å². The summed E-state index contributed by atoms with van der Waals surface area (Å²) in [5, 5.41) is 1.25. The molecule has 9 aromatic heterocycles. The highest BCUT2D eigenvalue weighted by molar-refractivity contribution is 5.81. The molecule has 0 N–H and O–H groups in total. The van der Waals surface area contributed by atoms with Crippen LogP contribution in [0, 0.1) is 125 Å². The highest BCUT2D eigenvalue weighted by atomic mass is 14.8. The fourth-order valence-electron chi connectivity index (χ4n) is 6.28. The Kier molecular flexibility index (Phi) is 79.9. The molecular weight excluding hydrogens is 1150 g/mol. The van der Waals surface area contributed by atoms with E-state index in [4.69, 9.17) is 0 Å². The number of hydrogen-bond donors (Lipinski definition) is 0. The summed E-state index contributed by atoms with van der Waals surface area (Å²) in [5.41, 5.74) is 19.7. The van der Waals surface area contributed by atoms with Crippen molar-refractivity contribution in [3.63, 3.8) is 0 Å². The first kappa shape index (κ1) is 102. The molecule has 0 fully saturated rings. The van der Waals surface area contributed by atoms with Crippen LogP contribution in [0.2, 0.25) is 0 Å². The minimum absolute atomic E-state index is 0.829. The number of para-hydroxylation sites is 1. The molecule has 0 saturated heterocycles. The largest absolute Gasteiger partial charge is 0.264 e. The van der Waals surface area contributed by atoms with Crippen LogP contribution >= 0.6 is 0 Å². The van der Waals surface area contributed by atoms with Gasteiger partial charge in [0, 0.05) is 107 Å². The molecule has 10 rings (SSSR count). The maximum Gasteiger partial charge on any atom is 0.125 e. The van der Waals surface area contributed by atoms with Crippen LogP contribution < -0.4 is 0 Å². The topological polar surface area (TPSA) is 142 Å². The molecule has 0 aliphatic carbocycles. The van der Waals surface area contributed by atoms with Crippen molar-refractivity contribution in [2.75, 3.05) is 0 Å². The van der Waals surface area contributed by atoms with Crippen LogP contribution in [0.15, 0.2) is 165 Å². The molecule has 522 valence electrons. The van der Waals surface area contributed by atoms with E-state index in [0.29, 0.717) is 0 Å². The highest BCUT2D eigenvalue weighted by Gasteiger charge is 1.97. The van der Waals surface area contributed by atoms with Crippen LogP contribution in [-0.4, -0.2) is 54.8 Å². The number of aromatic nitrogens is 11. The van der Waals surface area contributed by atoms with E-state index in [1.165, 1.54) is 44.3 Å². The van der Waals surface area contributed by atoms with Gasteiger partial charge in [-0.25, -0.2) is 19.9 Å². The van der Waals surface area contributed by atoms with Gasteiger partial charge in [0.25, 0.3) is 0 Å². The fourth-order valence-corrected chi connectivity index (χ4v) is 6.28. The van der Waals surface area contributed by atoms with Crippen LogP contribution in [0.3, 0.4) is 0 Å². The van der Waals surface area contributed by atoms with Crippen molar-refractivity contribution in [1.82, 2.24) is 54.8 Å². The highest BCUT2D eigenvalue weighted by Crippen LogP contribution is 2.16. The van der Waals surface area contributed by atoms with Crippen molar-refractivity contribution >= 4 is 10.9 Å². The van der Waals surface area contributed by atoms with E-state index < -0.39 is 0 Å². The summed E-state index contributed by atoms with van der Waals surface area (Å²) >= 11 is 0. The van der Waals surface area contributed by atoms with Gasteiger partial charge in [-0.2, -0.15) is 0 Å². The van der Waals surface area contributed by atoms with Crippen LogP contribution in [-0.2, 0) is 0 Å². The minimum Gasteiger partial charge on any atom is -0.264 e. The lowest BCUT2D eigenvalue weighted by molar-refractivity contribution is 1.03. The van der Waals surface area contributed by atoms with E-state index in [1.54, 1.807) is 0 Å². The number of hydrogen-bond acceptors (Lipinski definition) is 11. The van der Waals surface area contributed by atoms with Crippen molar-refractivity contribution in [3.05, 3.63) is 267 Å². The first-order valence-corrected chi connectivity index (χ1v) is 34.3. The van der Waals surface area contributed by atoms with Crippen molar-refractivity contribution in [2.45, 2.75) is 249 Å². The average Bonchev–Trinajstić information content (AvgIpc) is 1.50. The Bertz CT molecular complexity index is 2660. The van der Waals surface area contributed by atoms with E-state index in [1.807, 2.05) is 345 Å². The standard InChI is InChI=1S/C11H11N.6C7H9N.2C6H8N2.9C2H6/c1-8-7-9(2)12-11-6-4-3-5-10(8)11;1-6-3-7(2)5-8-4-6;2*1-6-3-4-8-7(2)5-6;2*1-6-3-4-7(2)8-5-6;1-6-4-3-5-7(2)8-6;2*1-5-3-7-6(2)8-4-5;9*1-2/h3-7H,1-2H3;6*3-5H,1-2H3;2*3-4H,1-2H3;9*1-2H3. The van der Waals surface area contributed by atoms with Crippen molar-refractivity contribution in [2.24, 2.45) is 0 Å². The number of rotatable bonds is 0. The normalized spacial score (nSPS) is 8.21. The predicted molar refractivity (Wildman–Crippen MR) is 419 cm³/mol. The molecule has 11 heteroatoms. The first-order valence-electron chi connectivity index (χ1n) is 34.3. The molecule has 0 saturated carbocycles. The zero-order valence-corrected chi connectivity index (χ0v) is 66.5. The summed E-state index contributed by atoms with van der Waals surface area (Å²) in [6.45, 7) is 72.1. The predicted octanol–water partition coefficient (Wildman–Crippen LogP) is 24.5. The second-order valence-electron chi connectivity index (χ2n) is 18.6. The molecule has 0 aliphatic rings. The molecule has 0 bridgehead atoms. The first-order chi connectivity index (χ1) is 45.1. The van der Waals surface area contributed by atoms with Gasteiger partial charge in [-0.3, -0.25) is 34.9 Å². The molecule has 0 aliphatic heterocycles. The van der Waals surface area contributed by atoms with Gasteiger partial charge in [0.15, 0.2) is 0 Å². The summed E-state index contributed by atoms with van der Waals surface area (Å²) in [6, 6.07) is 34.7. The Hall–Kier alpha value is -8.31. The fraction of sp³-hybridized carbons (Fsp3) is 0.434. The average molecular weight is 1290 g/mol. The van der Waals surface area contributed by atoms with Crippen LogP contribution in [0.5, 0.6) is 0 Å². The monoisotopic (exact) mass is 1290 g/mol. The SMILES string of the molecule is CC.CC.CC.CC.CC.CC.CC.CC.CC.Cc1cc(C)c2ccccc2n1.Cc1ccc(C)nc1.Cc1ccc(C)nc1.Cc1cccc(C)n1.Cc1ccnc(C)c1.Cc1ccnc(C)c1.Cc1cnc(C)nc1.Cc1cnc(C)nc1.Cc1cncc(C)c1. The number of benzene rings is 1. The lowest BCUT2D eigenvalue weighted by atomic mass is 10.1. The van der Waals surface area contributed by atoms with Gasteiger partial charge in [-0.1, -0.05) is 167 Å². The molecule has 11 nitrogen and oxygen atoms in total.